The number of rotatable bonds is 7. The maximum Gasteiger partial charge on any atom is 0.119 e. The van der Waals surface area contributed by atoms with Crippen LogP contribution in [0.25, 0.3) is 0 Å². The molecule has 0 saturated carbocycles. The second-order valence-corrected chi connectivity index (χ2v) is 9.94. The van der Waals surface area contributed by atoms with Gasteiger partial charge >= 0.3 is 0 Å². The Labute approximate surface area is 208 Å². The SMILES string of the molecule is CN(c1ccc(OCCN2CCCCC2)cc1)c1cc(O)ccc1C1CCc2cc(O)ccc2C1. The highest BCUT2D eigenvalue weighted by Crippen LogP contribution is 2.41. The highest BCUT2D eigenvalue weighted by molar-refractivity contribution is 5.68. The van der Waals surface area contributed by atoms with Crippen molar-refractivity contribution in [1.29, 1.82) is 0 Å². The van der Waals surface area contributed by atoms with Gasteiger partial charge in [0.25, 0.3) is 0 Å². The number of hydrogen-bond acceptors (Lipinski definition) is 5. The lowest BCUT2D eigenvalue weighted by atomic mass is 9.79. The molecule has 0 amide bonds. The first kappa shape index (κ1) is 23.6. The molecule has 5 heteroatoms. The number of aryl methyl sites for hydroxylation is 1. The first-order valence-electron chi connectivity index (χ1n) is 12.9. The van der Waals surface area contributed by atoms with Crippen LogP contribution < -0.4 is 9.64 Å². The molecule has 0 radical (unpaired) electrons. The van der Waals surface area contributed by atoms with Gasteiger partial charge in [-0.1, -0.05) is 18.6 Å². The molecule has 3 aromatic carbocycles. The molecular formula is C30H36N2O3. The summed E-state index contributed by atoms with van der Waals surface area (Å²) in [5.74, 6) is 1.87. The summed E-state index contributed by atoms with van der Waals surface area (Å²) in [4.78, 5) is 4.64. The van der Waals surface area contributed by atoms with Crippen LogP contribution in [0.5, 0.6) is 17.2 Å². The standard InChI is InChI=1S/C30H36N2O3/c1-31(25-8-12-28(13-9-25)35-18-17-32-15-3-2-4-16-32)30-21-27(34)11-14-29(30)24-6-5-23-20-26(33)10-7-22(23)19-24/h7-14,20-21,24,33-34H,2-6,15-19H2,1H3. The summed E-state index contributed by atoms with van der Waals surface area (Å²) in [7, 11) is 2.05. The van der Waals surface area contributed by atoms with Gasteiger partial charge in [0.05, 0.1) is 0 Å². The fraction of sp³-hybridized carbons (Fsp3) is 0.400. The van der Waals surface area contributed by atoms with Crippen LogP contribution >= 0.6 is 0 Å². The van der Waals surface area contributed by atoms with Crippen molar-refractivity contribution in [1.82, 2.24) is 4.90 Å². The Morgan fingerprint density at radius 2 is 1.63 bits per heavy atom. The quantitative estimate of drug-likeness (QED) is 0.442. The summed E-state index contributed by atoms with van der Waals surface area (Å²) >= 11 is 0. The topological polar surface area (TPSA) is 56.2 Å². The van der Waals surface area contributed by atoms with Crippen LogP contribution in [0.4, 0.5) is 11.4 Å². The minimum absolute atomic E-state index is 0.273. The predicted octanol–water partition coefficient (Wildman–Crippen LogP) is 6.00. The van der Waals surface area contributed by atoms with Crippen LogP contribution in [-0.2, 0) is 12.8 Å². The van der Waals surface area contributed by atoms with Crippen molar-refractivity contribution in [3.8, 4) is 17.2 Å². The minimum atomic E-state index is 0.273. The van der Waals surface area contributed by atoms with Crippen LogP contribution in [0.15, 0.2) is 60.7 Å². The molecule has 1 saturated heterocycles. The van der Waals surface area contributed by atoms with Gasteiger partial charge in [-0.3, -0.25) is 4.90 Å². The third-order valence-corrected chi connectivity index (χ3v) is 7.58. The first-order valence-corrected chi connectivity index (χ1v) is 12.9. The van der Waals surface area contributed by atoms with Gasteiger partial charge in [-0.2, -0.15) is 0 Å². The van der Waals surface area contributed by atoms with Gasteiger partial charge in [0.15, 0.2) is 0 Å². The maximum atomic E-state index is 10.3. The van der Waals surface area contributed by atoms with E-state index in [4.69, 9.17) is 4.74 Å². The van der Waals surface area contributed by atoms with E-state index in [2.05, 4.69) is 35.0 Å². The van der Waals surface area contributed by atoms with E-state index < -0.39 is 0 Å². The lowest BCUT2D eigenvalue weighted by Crippen LogP contribution is -2.33. The fourth-order valence-corrected chi connectivity index (χ4v) is 5.56. The number of ether oxygens (including phenoxy) is 1. The van der Waals surface area contributed by atoms with Gasteiger partial charge < -0.3 is 19.8 Å². The average Bonchev–Trinajstić information content (AvgIpc) is 2.89. The fourth-order valence-electron chi connectivity index (χ4n) is 5.56. The van der Waals surface area contributed by atoms with Crippen molar-refractivity contribution in [2.24, 2.45) is 0 Å². The van der Waals surface area contributed by atoms with E-state index in [1.807, 2.05) is 30.3 Å². The maximum absolute atomic E-state index is 10.3. The molecule has 2 aliphatic rings. The van der Waals surface area contributed by atoms with Crippen molar-refractivity contribution in [2.45, 2.75) is 44.4 Å². The summed E-state index contributed by atoms with van der Waals surface area (Å²) in [5.41, 5.74) is 5.86. The molecule has 0 bridgehead atoms. The molecule has 1 fully saturated rings. The zero-order valence-electron chi connectivity index (χ0n) is 20.6. The zero-order valence-corrected chi connectivity index (χ0v) is 20.6. The molecule has 1 unspecified atom stereocenters. The molecule has 3 aromatic rings. The zero-order chi connectivity index (χ0) is 24.2. The predicted molar refractivity (Wildman–Crippen MR) is 141 cm³/mol. The van der Waals surface area contributed by atoms with Crippen molar-refractivity contribution in [2.75, 3.05) is 38.2 Å². The number of fused-ring (bicyclic) bond motifs is 1. The number of hydrogen-bond donors (Lipinski definition) is 2. The van der Waals surface area contributed by atoms with E-state index in [1.165, 1.54) is 49.0 Å². The number of benzene rings is 3. The van der Waals surface area contributed by atoms with Crippen molar-refractivity contribution in [3.05, 3.63) is 77.4 Å². The summed E-state index contributed by atoms with van der Waals surface area (Å²) in [6.07, 6.45) is 6.86. The number of aromatic hydroxyl groups is 2. The van der Waals surface area contributed by atoms with Crippen LogP contribution in [0.1, 0.15) is 48.3 Å². The molecule has 0 spiro atoms. The molecule has 1 aliphatic carbocycles. The molecule has 2 N–H and O–H groups in total. The molecule has 0 aromatic heterocycles. The Morgan fingerprint density at radius 1 is 0.886 bits per heavy atom. The molecule has 1 aliphatic heterocycles. The van der Waals surface area contributed by atoms with Crippen LogP contribution in [0, 0.1) is 0 Å². The van der Waals surface area contributed by atoms with Crippen LogP contribution in [0.2, 0.25) is 0 Å². The van der Waals surface area contributed by atoms with E-state index in [9.17, 15) is 10.2 Å². The Kier molecular flexibility index (Phi) is 7.14. The minimum Gasteiger partial charge on any atom is -0.508 e. The molecule has 184 valence electrons. The Hall–Kier alpha value is -3.18. The Balaban J connectivity index is 1.28. The first-order chi connectivity index (χ1) is 17.1. The van der Waals surface area contributed by atoms with Gasteiger partial charge in [0.1, 0.15) is 23.9 Å². The van der Waals surface area contributed by atoms with E-state index in [-0.39, 0.29) is 5.75 Å². The van der Waals surface area contributed by atoms with Gasteiger partial charge in [-0.05, 0) is 110 Å². The van der Waals surface area contributed by atoms with E-state index in [0.717, 1.165) is 42.9 Å². The van der Waals surface area contributed by atoms with E-state index >= 15 is 0 Å². The van der Waals surface area contributed by atoms with E-state index in [1.54, 1.807) is 12.1 Å². The second kappa shape index (κ2) is 10.6. The molecule has 5 nitrogen and oxygen atoms in total. The van der Waals surface area contributed by atoms with Gasteiger partial charge in [-0.15, -0.1) is 0 Å². The van der Waals surface area contributed by atoms with Gasteiger partial charge in [0.2, 0.25) is 0 Å². The van der Waals surface area contributed by atoms with Gasteiger partial charge in [0, 0.05) is 31.0 Å². The lowest BCUT2D eigenvalue weighted by molar-refractivity contribution is 0.183. The summed E-state index contributed by atoms with van der Waals surface area (Å²) < 4.78 is 6.01. The van der Waals surface area contributed by atoms with Crippen molar-refractivity contribution in [3.63, 3.8) is 0 Å². The number of phenolic OH excluding ortho intramolecular Hbond substituents is 2. The monoisotopic (exact) mass is 472 g/mol. The molecule has 35 heavy (non-hydrogen) atoms. The number of nitrogens with zero attached hydrogens (tertiary/aromatic N) is 2. The van der Waals surface area contributed by atoms with E-state index in [0.29, 0.717) is 18.3 Å². The second-order valence-electron chi connectivity index (χ2n) is 9.94. The van der Waals surface area contributed by atoms with Crippen molar-refractivity contribution >= 4 is 11.4 Å². The smallest absolute Gasteiger partial charge is 0.119 e. The summed E-state index contributed by atoms with van der Waals surface area (Å²) in [5, 5.41) is 20.1. The van der Waals surface area contributed by atoms with Crippen molar-refractivity contribution < 1.29 is 14.9 Å². The number of phenols is 2. The number of likely N-dealkylation sites (tertiary alicyclic amines) is 1. The highest BCUT2D eigenvalue weighted by Gasteiger charge is 2.24. The Bertz CT molecular complexity index is 1140. The number of piperidine rings is 1. The van der Waals surface area contributed by atoms with Gasteiger partial charge in [-0.25, -0.2) is 0 Å². The average molecular weight is 473 g/mol. The summed E-state index contributed by atoms with van der Waals surface area (Å²) in [6.45, 7) is 4.08. The summed E-state index contributed by atoms with van der Waals surface area (Å²) in [6, 6.07) is 19.7. The highest BCUT2D eigenvalue weighted by atomic mass is 16.5. The molecule has 1 heterocycles. The third-order valence-electron chi connectivity index (χ3n) is 7.58. The number of anilines is 2. The largest absolute Gasteiger partial charge is 0.508 e. The Morgan fingerprint density at radius 3 is 2.43 bits per heavy atom. The third kappa shape index (κ3) is 5.57. The molecule has 1 atom stereocenters. The lowest BCUT2D eigenvalue weighted by Gasteiger charge is -2.30. The normalized spacial score (nSPS) is 18.1. The van der Waals surface area contributed by atoms with Crippen LogP contribution in [0.3, 0.4) is 0 Å². The molecular weight excluding hydrogens is 436 g/mol. The molecule has 5 rings (SSSR count). The van der Waals surface area contributed by atoms with Crippen LogP contribution in [-0.4, -0.2) is 48.4 Å².